The summed E-state index contributed by atoms with van der Waals surface area (Å²) in [5, 5.41) is 0. The van der Waals surface area contributed by atoms with Crippen LogP contribution in [-0.4, -0.2) is 18.5 Å². The molecule has 2 nitrogen and oxygen atoms in total. The van der Waals surface area contributed by atoms with Gasteiger partial charge in [0.25, 0.3) is 0 Å². The van der Waals surface area contributed by atoms with Gasteiger partial charge in [0, 0.05) is 12.8 Å². The van der Waals surface area contributed by atoms with Gasteiger partial charge in [0.2, 0.25) is 0 Å². The zero-order valence-electron chi connectivity index (χ0n) is 7.13. The van der Waals surface area contributed by atoms with Crippen molar-refractivity contribution in [3.05, 3.63) is 23.9 Å². The molecule has 0 spiro atoms. The van der Waals surface area contributed by atoms with Crippen LogP contribution in [0.1, 0.15) is 13.8 Å². The number of allylic oxidation sites excluding steroid dienone is 3. The van der Waals surface area contributed by atoms with E-state index < -0.39 is 0 Å². The van der Waals surface area contributed by atoms with Crippen molar-refractivity contribution in [3.63, 3.8) is 0 Å². The molecular formula is C9H12N2. The lowest BCUT2D eigenvalue weighted by atomic mass is 10.1. The molecule has 0 amide bonds. The van der Waals surface area contributed by atoms with E-state index in [4.69, 9.17) is 0 Å². The van der Waals surface area contributed by atoms with Gasteiger partial charge in [-0.15, -0.1) is 0 Å². The van der Waals surface area contributed by atoms with Crippen LogP contribution in [0.4, 0.5) is 0 Å². The molecular weight excluding hydrogens is 136 g/mol. The summed E-state index contributed by atoms with van der Waals surface area (Å²) < 4.78 is 0. The largest absolute Gasteiger partial charge is 0.286 e. The van der Waals surface area contributed by atoms with Gasteiger partial charge in [-0.25, -0.2) is 0 Å². The number of hydrogen-bond donors (Lipinski definition) is 0. The Labute approximate surface area is 67.1 Å². The summed E-state index contributed by atoms with van der Waals surface area (Å²) in [4.78, 5) is 8.40. The van der Waals surface area contributed by atoms with Gasteiger partial charge in [-0.1, -0.05) is 6.08 Å². The zero-order valence-corrected chi connectivity index (χ0v) is 7.13. The molecule has 2 heteroatoms. The average molecular weight is 148 g/mol. The third-order valence-electron chi connectivity index (χ3n) is 1.56. The van der Waals surface area contributed by atoms with Crippen LogP contribution in [0.15, 0.2) is 33.9 Å². The first-order valence-corrected chi connectivity index (χ1v) is 3.64. The molecule has 0 aliphatic carbocycles. The number of dihydropyridines is 1. The van der Waals surface area contributed by atoms with Crippen molar-refractivity contribution in [1.29, 1.82) is 0 Å². The van der Waals surface area contributed by atoms with Crippen LogP contribution in [0.2, 0.25) is 0 Å². The summed E-state index contributed by atoms with van der Waals surface area (Å²) in [6, 6.07) is 0. The molecule has 0 aromatic heterocycles. The van der Waals surface area contributed by atoms with E-state index in [9.17, 15) is 0 Å². The van der Waals surface area contributed by atoms with Crippen molar-refractivity contribution in [3.8, 4) is 0 Å². The van der Waals surface area contributed by atoms with Crippen LogP contribution in [0.25, 0.3) is 0 Å². The Hall–Kier alpha value is -1.18. The van der Waals surface area contributed by atoms with E-state index in [1.165, 1.54) is 0 Å². The van der Waals surface area contributed by atoms with Gasteiger partial charge in [0.15, 0.2) is 0 Å². The fourth-order valence-corrected chi connectivity index (χ4v) is 0.971. The van der Waals surface area contributed by atoms with Crippen molar-refractivity contribution in [2.45, 2.75) is 13.8 Å². The molecule has 0 atom stereocenters. The molecule has 0 saturated heterocycles. The molecule has 1 aliphatic heterocycles. The predicted octanol–water partition coefficient (Wildman–Crippen LogP) is 1.99. The Morgan fingerprint density at radius 2 is 2.18 bits per heavy atom. The second-order valence-corrected chi connectivity index (χ2v) is 2.37. The first-order valence-electron chi connectivity index (χ1n) is 3.64. The number of nitrogens with zero attached hydrogens (tertiary/aromatic N) is 2. The molecule has 1 aliphatic rings. The summed E-state index contributed by atoms with van der Waals surface area (Å²) in [5.74, 6) is 0. The van der Waals surface area contributed by atoms with E-state index in [1.807, 2.05) is 32.1 Å². The predicted molar refractivity (Wildman–Crippen MR) is 49.4 cm³/mol. The minimum atomic E-state index is 0.957. The highest BCUT2D eigenvalue weighted by Crippen LogP contribution is 2.08. The van der Waals surface area contributed by atoms with E-state index in [0.29, 0.717) is 0 Å². The third-order valence-corrected chi connectivity index (χ3v) is 1.56. The quantitative estimate of drug-likeness (QED) is 0.502. The topological polar surface area (TPSA) is 24.7 Å². The highest BCUT2D eigenvalue weighted by Gasteiger charge is 2.04. The van der Waals surface area contributed by atoms with Gasteiger partial charge in [-0.05, 0) is 26.0 Å². The molecule has 0 radical (unpaired) electrons. The van der Waals surface area contributed by atoms with Crippen molar-refractivity contribution in [2.75, 3.05) is 7.05 Å². The lowest BCUT2D eigenvalue weighted by Gasteiger charge is -2.06. The average Bonchev–Trinajstić information content (AvgIpc) is 2.04. The minimum absolute atomic E-state index is 0.957. The molecule has 0 N–H and O–H groups in total. The Morgan fingerprint density at radius 3 is 2.73 bits per heavy atom. The summed E-state index contributed by atoms with van der Waals surface area (Å²) >= 11 is 0. The van der Waals surface area contributed by atoms with Crippen molar-refractivity contribution >= 4 is 11.4 Å². The van der Waals surface area contributed by atoms with Gasteiger partial charge in [0.05, 0.1) is 11.4 Å². The molecule has 11 heavy (non-hydrogen) atoms. The van der Waals surface area contributed by atoms with E-state index in [0.717, 1.165) is 17.1 Å². The van der Waals surface area contributed by atoms with E-state index in [-0.39, 0.29) is 0 Å². The lowest BCUT2D eigenvalue weighted by molar-refractivity contribution is 1.35. The van der Waals surface area contributed by atoms with E-state index in [1.54, 1.807) is 7.05 Å². The Balaban J connectivity index is 3.03. The van der Waals surface area contributed by atoms with Crippen molar-refractivity contribution in [2.24, 2.45) is 9.98 Å². The fraction of sp³-hybridized carbons (Fsp3) is 0.333. The molecule has 0 aromatic rings. The number of rotatable bonds is 0. The Bertz CT molecular complexity index is 267. The summed E-state index contributed by atoms with van der Waals surface area (Å²) in [7, 11) is 1.78. The minimum Gasteiger partial charge on any atom is -0.286 e. The van der Waals surface area contributed by atoms with Gasteiger partial charge < -0.3 is 0 Å². The zero-order chi connectivity index (χ0) is 8.27. The standard InChI is InChI=1S/C9H12N2/c1-4-8-9(10-3)6-5-7(2)11-8/h4-6H,1-3H3/b8-4+,10-9?. The van der Waals surface area contributed by atoms with Crippen LogP contribution in [0, 0.1) is 0 Å². The number of hydrogen-bond acceptors (Lipinski definition) is 2. The van der Waals surface area contributed by atoms with Gasteiger partial charge in [-0.2, -0.15) is 0 Å². The van der Waals surface area contributed by atoms with Crippen LogP contribution in [0.3, 0.4) is 0 Å². The molecule has 0 fully saturated rings. The van der Waals surface area contributed by atoms with E-state index in [2.05, 4.69) is 9.98 Å². The first-order chi connectivity index (χ1) is 5.27. The molecule has 58 valence electrons. The second kappa shape index (κ2) is 3.28. The summed E-state index contributed by atoms with van der Waals surface area (Å²) in [6.07, 6.45) is 5.92. The van der Waals surface area contributed by atoms with Crippen LogP contribution in [0.5, 0.6) is 0 Å². The smallest absolute Gasteiger partial charge is 0.0842 e. The summed E-state index contributed by atoms with van der Waals surface area (Å²) in [5.41, 5.74) is 2.95. The Morgan fingerprint density at radius 1 is 1.45 bits per heavy atom. The maximum Gasteiger partial charge on any atom is 0.0842 e. The summed E-state index contributed by atoms with van der Waals surface area (Å²) in [6.45, 7) is 3.95. The second-order valence-electron chi connectivity index (χ2n) is 2.37. The van der Waals surface area contributed by atoms with E-state index >= 15 is 0 Å². The molecule has 1 heterocycles. The molecule has 0 bridgehead atoms. The van der Waals surface area contributed by atoms with Crippen LogP contribution >= 0.6 is 0 Å². The van der Waals surface area contributed by atoms with Gasteiger partial charge in [0.1, 0.15) is 0 Å². The maximum absolute atomic E-state index is 4.31. The molecule has 0 aromatic carbocycles. The maximum atomic E-state index is 4.31. The SMILES string of the molecule is C/C=C1/N=C(C)C=CC1=NC. The highest BCUT2D eigenvalue weighted by molar-refractivity contribution is 6.15. The number of aliphatic imine (C=N–C) groups is 2. The van der Waals surface area contributed by atoms with Crippen LogP contribution < -0.4 is 0 Å². The van der Waals surface area contributed by atoms with Gasteiger partial charge >= 0.3 is 0 Å². The first kappa shape index (κ1) is 7.92. The highest BCUT2D eigenvalue weighted by atomic mass is 14.8. The molecule has 1 rings (SSSR count). The van der Waals surface area contributed by atoms with Crippen LogP contribution in [-0.2, 0) is 0 Å². The van der Waals surface area contributed by atoms with Gasteiger partial charge in [-0.3, -0.25) is 9.98 Å². The van der Waals surface area contributed by atoms with Crippen molar-refractivity contribution < 1.29 is 0 Å². The third kappa shape index (κ3) is 1.64. The monoisotopic (exact) mass is 148 g/mol. The van der Waals surface area contributed by atoms with Crippen molar-refractivity contribution in [1.82, 2.24) is 0 Å². The molecule has 0 saturated carbocycles. The molecule has 0 unspecified atom stereocenters. The Kier molecular flexibility index (Phi) is 2.36. The normalized spacial score (nSPS) is 24.5. The lowest BCUT2D eigenvalue weighted by Crippen LogP contribution is -2.04. The fourth-order valence-electron chi connectivity index (χ4n) is 0.971.